The van der Waals surface area contributed by atoms with Crippen molar-refractivity contribution in [2.24, 2.45) is 7.05 Å². The number of fused-ring (bicyclic) bond motifs is 1. The van der Waals surface area contributed by atoms with Gasteiger partial charge in [-0.1, -0.05) is 0 Å². The smallest absolute Gasteiger partial charge is 0.262 e. The number of rotatable bonds is 3. The molecule has 3 heterocycles. The molecule has 0 aliphatic rings. The van der Waals surface area contributed by atoms with Crippen LogP contribution in [0.4, 0.5) is 0 Å². The summed E-state index contributed by atoms with van der Waals surface area (Å²) in [6, 6.07) is 3.33. The third-order valence-electron chi connectivity index (χ3n) is 3.53. The van der Waals surface area contributed by atoms with Gasteiger partial charge in [0.2, 0.25) is 0 Å². The van der Waals surface area contributed by atoms with Crippen molar-refractivity contribution in [1.29, 1.82) is 0 Å². The van der Waals surface area contributed by atoms with Gasteiger partial charge < -0.3 is 14.3 Å². The molecule has 0 spiro atoms. The summed E-state index contributed by atoms with van der Waals surface area (Å²) in [5.41, 5.74) is 0.523. The van der Waals surface area contributed by atoms with Gasteiger partial charge in [0.15, 0.2) is 0 Å². The molecule has 0 fully saturated rings. The second kappa shape index (κ2) is 5.42. The van der Waals surface area contributed by atoms with Gasteiger partial charge in [0.25, 0.3) is 11.5 Å². The van der Waals surface area contributed by atoms with Crippen molar-refractivity contribution in [1.82, 2.24) is 14.9 Å². The summed E-state index contributed by atoms with van der Waals surface area (Å²) in [4.78, 5) is 29.9. The Kier molecular flexibility index (Phi) is 3.58. The molecule has 7 heteroatoms. The highest BCUT2D eigenvalue weighted by Gasteiger charge is 2.21. The molecular formula is C15H15N3O3S. The van der Waals surface area contributed by atoms with Gasteiger partial charge >= 0.3 is 0 Å². The van der Waals surface area contributed by atoms with Crippen LogP contribution in [0.3, 0.4) is 0 Å². The topological polar surface area (TPSA) is 77.1 Å². The predicted octanol–water partition coefficient (Wildman–Crippen LogP) is 2.39. The van der Waals surface area contributed by atoms with Crippen LogP contribution in [0.25, 0.3) is 10.2 Å². The Morgan fingerprint density at radius 1 is 1.50 bits per heavy atom. The maximum Gasteiger partial charge on any atom is 0.262 e. The molecule has 114 valence electrons. The number of hydrogen-bond acceptors (Lipinski definition) is 5. The van der Waals surface area contributed by atoms with Crippen LogP contribution in [0.5, 0.6) is 0 Å². The van der Waals surface area contributed by atoms with Crippen molar-refractivity contribution in [2.45, 2.75) is 19.9 Å². The molecule has 1 N–H and O–H groups in total. The Morgan fingerprint density at radius 3 is 2.95 bits per heavy atom. The quantitative estimate of drug-likeness (QED) is 0.804. The van der Waals surface area contributed by atoms with Crippen LogP contribution in [0.1, 0.15) is 34.0 Å². The van der Waals surface area contributed by atoms with Gasteiger partial charge in [-0.25, -0.2) is 4.98 Å². The van der Waals surface area contributed by atoms with Crippen LogP contribution in [-0.2, 0) is 7.05 Å². The van der Waals surface area contributed by atoms with Crippen LogP contribution in [0.15, 0.2) is 33.9 Å². The molecule has 22 heavy (non-hydrogen) atoms. The van der Waals surface area contributed by atoms with E-state index >= 15 is 0 Å². The molecule has 6 nitrogen and oxygen atoms in total. The monoisotopic (exact) mass is 317 g/mol. The third kappa shape index (κ3) is 2.33. The number of nitrogens with one attached hydrogen (secondary N) is 1. The van der Waals surface area contributed by atoms with E-state index in [0.29, 0.717) is 26.4 Å². The van der Waals surface area contributed by atoms with E-state index in [1.807, 2.05) is 6.92 Å². The SMILES string of the molecule is Cc1c(C(=O)N[C@@H](C)c2ccco2)sc2ncn(C)c(=O)c12. The first-order chi connectivity index (χ1) is 10.5. The highest BCUT2D eigenvalue weighted by Crippen LogP contribution is 2.27. The third-order valence-corrected chi connectivity index (χ3v) is 4.73. The second-order valence-corrected chi connectivity index (χ2v) is 6.11. The fourth-order valence-electron chi connectivity index (χ4n) is 2.30. The van der Waals surface area contributed by atoms with Crippen LogP contribution in [0, 0.1) is 6.92 Å². The molecule has 1 amide bonds. The molecule has 0 radical (unpaired) electrons. The first-order valence-electron chi connectivity index (χ1n) is 6.78. The highest BCUT2D eigenvalue weighted by atomic mass is 32.1. The number of amides is 1. The molecule has 3 aromatic heterocycles. The summed E-state index contributed by atoms with van der Waals surface area (Å²) >= 11 is 1.23. The Labute approximate surface area is 130 Å². The summed E-state index contributed by atoms with van der Waals surface area (Å²) in [5.74, 6) is 0.451. The van der Waals surface area contributed by atoms with Crippen molar-refractivity contribution in [3.8, 4) is 0 Å². The van der Waals surface area contributed by atoms with E-state index < -0.39 is 0 Å². The fraction of sp³-hybridized carbons (Fsp3) is 0.267. The molecule has 0 saturated heterocycles. The molecule has 0 aliphatic heterocycles. The number of thiophene rings is 1. The van der Waals surface area contributed by atoms with Gasteiger partial charge in [-0.15, -0.1) is 11.3 Å². The molecular weight excluding hydrogens is 302 g/mol. The van der Waals surface area contributed by atoms with Gasteiger partial charge in [0.1, 0.15) is 10.6 Å². The molecule has 3 rings (SSSR count). The normalized spacial score (nSPS) is 12.5. The Morgan fingerprint density at radius 2 is 2.27 bits per heavy atom. The number of aromatic nitrogens is 2. The minimum atomic E-state index is -0.247. The molecule has 0 unspecified atom stereocenters. The number of aryl methyl sites for hydroxylation is 2. The largest absolute Gasteiger partial charge is 0.467 e. The fourth-order valence-corrected chi connectivity index (χ4v) is 3.34. The van der Waals surface area contributed by atoms with Crippen molar-refractivity contribution < 1.29 is 9.21 Å². The van der Waals surface area contributed by atoms with Gasteiger partial charge in [-0.05, 0) is 31.5 Å². The van der Waals surface area contributed by atoms with Crippen molar-refractivity contribution >= 4 is 27.5 Å². The van der Waals surface area contributed by atoms with E-state index in [0.717, 1.165) is 0 Å². The summed E-state index contributed by atoms with van der Waals surface area (Å²) in [5, 5.41) is 3.38. The standard InChI is InChI=1S/C15H15N3O3S/c1-8-11-14(16-7-18(3)15(11)20)22-12(8)13(19)17-9(2)10-5-4-6-21-10/h4-7,9H,1-3H3,(H,17,19)/t9-/m0/s1. The number of nitrogens with zero attached hydrogens (tertiary/aromatic N) is 2. The van der Waals surface area contributed by atoms with E-state index in [1.54, 1.807) is 32.4 Å². The van der Waals surface area contributed by atoms with Gasteiger partial charge in [0, 0.05) is 7.05 Å². The lowest BCUT2D eigenvalue weighted by Gasteiger charge is -2.10. The maximum atomic E-state index is 12.5. The molecule has 0 bridgehead atoms. The predicted molar refractivity (Wildman–Crippen MR) is 84.2 cm³/mol. The second-order valence-electron chi connectivity index (χ2n) is 5.11. The lowest BCUT2D eigenvalue weighted by Crippen LogP contribution is -2.26. The van der Waals surface area contributed by atoms with Crippen molar-refractivity contribution in [2.75, 3.05) is 0 Å². The van der Waals surface area contributed by atoms with E-state index in [9.17, 15) is 9.59 Å². The molecule has 0 aliphatic carbocycles. The number of furan rings is 1. The number of carbonyl (C=O) groups excluding carboxylic acids is 1. The minimum Gasteiger partial charge on any atom is -0.467 e. The highest BCUT2D eigenvalue weighted by molar-refractivity contribution is 7.20. The average molecular weight is 317 g/mol. The van der Waals surface area contributed by atoms with Crippen LogP contribution >= 0.6 is 11.3 Å². The van der Waals surface area contributed by atoms with Gasteiger partial charge in [-0.3, -0.25) is 9.59 Å². The summed E-state index contributed by atoms with van der Waals surface area (Å²) in [6.07, 6.45) is 3.03. The van der Waals surface area contributed by atoms with Gasteiger partial charge in [-0.2, -0.15) is 0 Å². The Bertz CT molecular complexity index is 893. The number of hydrogen-bond donors (Lipinski definition) is 1. The zero-order valence-corrected chi connectivity index (χ0v) is 13.2. The molecule has 0 aromatic carbocycles. The zero-order chi connectivity index (χ0) is 15.9. The number of carbonyl (C=O) groups is 1. The van der Waals surface area contributed by atoms with E-state index in [4.69, 9.17) is 4.42 Å². The first-order valence-corrected chi connectivity index (χ1v) is 7.59. The summed E-state index contributed by atoms with van der Waals surface area (Å²) in [6.45, 7) is 3.62. The van der Waals surface area contributed by atoms with Crippen LogP contribution in [-0.4, -0.2) is 15.5 Å². The molecule has 1 atom stereocenters. The van der Waals surface area contributed by atoms with E-state index in [1.165, 1.54) is 22.2 Å². The zero-order valence-electron chi connectivity index (χ0n) is 12.4. The first kappa shape index (κ1) is 14.5. The van der Waals surface area contributed by atoms with Crippen molar-refractivity contribution in [3.05, 3.63) is 51.3 Å². The van der Waals surface area contributed by atoms with Crippen molar-refractivity contribution in [3.63, 3.8) is 0 Å². The van der Waals surface area contributed by atoms with Crippen LogP contribution in [0.2, 0.25) is 0 Å². The van der Waals surface area contributed by atoms with E-state index in [2.05, 4.69) is 10.3 Å². The summed E-state index contributed by atoms with van der Waals surface area (Å²) in [7, 11) is 1.64. The molecule has 0 saturated carbocycles. The minimum absolute atomic E-state index is 0.142. The lowest BCUT2D eigenvalue weighted by molar-refractivity contribution is 0.0939. The van der Waals surface area contributed by atoms with Gasteiger partial charge in [0.05, 0.1) is 28.9 Å². The van der Waals surface area contributed by atoms with E-state index in [-0.39, 0.29) is 17.5 Å². The maximum absolute atomic E-state index is 12.5. The average Bonchev–Trinajstić information content (AvgIpc) is 3.11. The lowest BCUT2D eigenvalue weighted by atomic mass is 10.2. The summed E-state index contributed by atoms with van der Waals surface area (Å²) < 4.78 is 6.69. The molecule has 3 aromatic rings. The Balaban J connectivity index is 1.96. The Hall–Kier alpha value is -2.41. The van der Waals surface area contributed by atoms with Crippen LogP contribution < -0.4 is 10.9 Å².